The molecule has 3 heteroatoms. The van der Waals surface area contributed by atoms with Gasteiger partial charge in [0.1, 0.15) is 5.78 Å². The number of alkyl halides is 1. The smallest absolute Gasteiger partial charge is 0.147 e. The Morgan fingerprint density at radius 3 is 2.14 bits per heavy atom. The molecule has 0 spiro atoms. The first kappa shape index (κ1) is 25.4. The lowest BCUT2D eigenvalue weighted by Gasteiger charge is -2.61. The minimum Gasteiger partial charge on any atom is -0.388 e. The number of rotatable bonds is 2. The molecule has 0 aliphatic heterocycles. The van der Waals surface area contributed by atoms with Crippen molar-refractivity contribution in [3.05, 3.63) is 0 Å². The molecule has 4 aliphatic carbocycles. The zero-order valence-electron chi connectivity index (χ0n) is 20.2. The van der Waals surface area contributed by atoms with E-state index in [1.165, 1.54) is 51.4 Å². The Hall–Kier alpha value is 0.110. The number of fused-ring (bicyclic) bond motifs is 5. The normalized spacial score (nSPS) is 45.4. The van der Waals surface area contributed by atoms with Gasteiger partial charge in [-0.25, -0.2) is 0 Å². The highest BCUT2D eigenvalue weighted by atomic mass is 79.9. The molecule has 0 N–H and O–H groups in total. The Morgan fingerprint density at radius 2 is 1.52 bits per heavy atom. The van der Waals surface area contributed by atoms with Crippen LogP contribution in [0.15, 0.2) is 0 Å². The molecule has 170 valence electrons. The average molecular weight is 472 g/mol. The van der Waals surface area contributed by atoms with Crippen LogP contribution in [-0.4, -0.2) is 25.3 Å². The first-order chi connectivity index (χ1) is 13.8. The first-order valence-electron chi connectivity index (χ1n) is 12.3. The summed E-state index contributed by atoms with van der Waals surface area (Å²) in [6.45, 7) is 11.6. The van der Waals surface area contributed by atoms with Crippen LogP contribution in [0.1, 0.15) is 92.4 Å². The molecular weight excluding hydrogens is 424 g/mol. The Bertz CT molecular complexity index is 535. The summed E-state index contributed by atoms with van der Waals surface area (Å²) in [4.78, 5) is 12.5. The summed E-state index contributed by atoms with van der Waals surface area (Å²) < 4.78 is 4.25. The minimum absolute atomic E-state index is 0.303. The van der Waals surface area contributed by atoms with Crippen molar-refractivity contribution >= 4 is 21.7 Å². The Balaban J connectivity index is 0.000000551. The maximum absolute atomic E-state index is 12.5. The summed E-state index contributed by atoms with van der Waals surface area (Å²) in [5.74, 6) is 5.41. The molecule has 4 saturated carbocycles. The van der Waals surface area contributed by atoms with E-state index in [1.807, 2.05) is 13.8 Å². The molecule has 0 aromatic heterocycles. The van der Waals surface area contributed by atoms with E-state index in [4.69, 9.17) is 0 Å². The van der Waals surface area contributed by atoms with Crippen LogP contribution in [0, 0.1) is 46.3 Å². The van der Waals surface area contributed by atoms with Gasteiger partial charge in [0.25, 0.3) is 0 Å². The van der Waals surface area contributed by atoms with Crippen molar-refractivity contribution in [2.24, 2.45) is 46.3 Å². The third-order valence-electron chi connectivity index (χ3n) is 9.45. The van der Waals surface area contributed by atoms with Gasteiger partial charge in [-0.1, -0.05) is 57.0 Å². The third-order valence-corrected chi connectivity index (χ3v) is 10.0. The van der Waals surface area contributed by atoms with Crippen LogP contribution in [0.3, 0.4) is 0 Å². The van der Waals surface area contributed by atoms with Crippen molar-refractivity contribution in [1.29, 1.82) is 0 Å². The predicted molar refractivity (Wildman–Crippen MR) is 127 cm³/mol. The van der Waals surface area contributed by atoms with Crippen molar-refractivity contribution < 1.29 is 9.53 Å². The molecule has 0 aromatic carbocycles. The number of ketones is 1. The van der Waals surface area contributed by atoms with Gasteiger partial charge < -0.3 is 4.74 Å². The molecule has 0 aromatic rings. The average Bonchev–Trinajstić information content (AvgIpc) is 3.07. The van der Waals surface area contributed by atoms with Crippen molar-refractivity contribution in [3.63, 3.8) is 0 Å². The van der Waals surface area contributed by atoms with Crippen LogP contribution in [0.4, 0.5) is 0 Å². The van der Waals surface area contributed by atoms with Gasteiger partial charge in [-0.05, 0) is 91.8 Å². The maximum Gasteiger partial charge on any atom is 0.147 e. The molecule has 4 rings (SSSR count). The van der Waals surface area contributed by atoms with Gasteiger partial charge in [-0.2, -0.15) is 0 Å². The summed E-state index contributed by atoms with van der Waals surface area (Å²) in [6, 6.07) is 0. The van der Waals surface area contributed by atoms with E-state index in [1.54, 1.807) is 14.2 Å². The fraction of sp³-hybridized carbons (Fsp3) is 0.962. The Labute approximate surface area is 189 Å². The molecule has 5 unspecified atom stereocenters. The molecule has 2 nitrogen and oxygen atoms in total. The molecule has 29 heavy (non-hydrogen) atoms. The SMILES string of the molecule is CC.COC.C[C@H]1CCC2(C)C(CC[C@@H]3C2CCC2(C)C3CC[C@@H]2C(=O)CBr)C1. The van der Waals surface area contributed by atoms with Crippen LogP contribution >= 0.6 is 15.9 Å². The van der Waals surface area contributed by atoms with Gasteiger partial charge >= 0.3 is 0 Å². The molecule has 0 radical (unpaired) electrons. The highest BCUT2D eigenvalue weighted by molar-refractivity contribution is 9.09. The number of methoxy groups -OCH3 is 1. The lowest BCUT2D eigenvalue weighted by Crippen LogP contribution is -2.53. The topological polar surface area (TPSA) is 26.3 Å². The van der Waals surface area contributed by atoms with Gasteiger partial charge in [-0.15, -0.1) is 0 Å². The second kappa shape index (κ2) is 10.6. The van der Waals surface area contributed by atoms with Crippen molar-refractivity contribution in [3.8, 4) is 0 Å². The van der Waals surface area contributed by atoms with E-state index in [0.717, 1.165) is 36.0 Å². The van der Waals surface area contributed by atoms with Crippen molar-refractivity contribution in [2.45, 2.75) is 92.4 Å². The second-order valence-electron chi connectivity index (χ2n) is 10.7. The predicted octanol–water partition coefficient (Wildman–Crippen LogP) is 7.53. The number of Topliss-reactive ketones (excluding diaryl/α,β-unsaturated/α-hetero) is 1. The van der Waals surface area contributed by atoms with E-state index < -0.39 is 0 Å². The van der Waals surface area contributed by atoms with Crippen molar-refractivity contribution in [1.82, 2.24) is 0 Å². The van der Waals surface area contributed by atoms with Crippen LogP contribution in [-0.2, 0) is 9.53 Å². The molecule has 4 aliphatic rings. The highest BCUT2D eigenvalue weighted by Gasteiger charge is 2.60. The van der Waals surface area contributed by atoms with E-state index in [-0.39, 0.29) is 0 Å². The molecule has 8 atom stereocenters. The number of carbonyl (C=O) groups excluding carboxylic acids is 1. The molecule has 0 amide bonds. The van der Waals surface area contributed by atoms with Crippen LogP contribution in [0.2, 0.25) is 0 Å². The lowest BCUT2D eigenvalue weighted by atomic mass is 9.44. The third kappa shape index (κ3) is 4.66. The summed E-state index contributed by atoms with van der Waals surface area (Å²) in [5.41, 5.74) is 0.908. The van der Waals surface area contributed by atoms with Crippen LogP contribution in [0.25, 0.3) is 0 Å². The first-order valence-corrected chi connectivity index (χ1v) is 13.4. The van der Waals surface area contributed by atoms with Crippen LogP contribution < -0.4 is 0 Å². The molecule has 4 fully saturated rings. The van der Waals surface area contributed by atoms with Gasteiger partial charge in [0.15, 0.2) is 0 Å². The number of ether oxygens (including phenoxy) is 1. The van der Waals surface area contributed by atoms with E-state index in [2.05, 4.69) is 41.4 Å². The van der Waals surface area contributed by atoms with E-state index in [0.29, 0.717) is 27.9 Å². The van der Waals surface area contributed by atoms with E-state index >= 15 is 0 Å². The van der Waals surface area contributed by atoms with Gasteiger partial charge in [0.2, 0.25) is 0 Å². The standard InChI is InChI=1S/C22H35BrO.C2H6O.C2H6/c1-14-8-10-21(2)15(12-14)4-5-16-17-6-7-19(20(24)13-23)22(17,3)11-9-18(16)21;1-3-2;1-2/h14-19H,4-13H2,1-3H3;1-2H3;1-2H3/t14-,15?,16-,17?,18?,19+,21?,22?;;/m0../s1. The summed E-state index contributed by atoms with van der Waals surface area (Å²) >= 11 is 3.44. The zero-order chi connectivity index (χ0) is 21.8. The Morgan fingerprint density at radius 1 is 0.931 bits per heavy atom. The highest BCUT2D eigenvalue weighted by Crippen LogP contribution is 2.67. The van der Waals surface area contributed by atoms with Gasteiger partial charge in [0, 0.05) is 20.1 Å². The van der Waals surface area contributed by atoms with Gasteiger partial charge in [0.05, 0.1) is 5.33 Å². The largest absolute Gasteiger partial charge is 0.388 e. The molecule has 0 bridgehead atoms. The summed E-state index contributed by atoms with van der Waals surface area (Å²) in [6.07, 6.45) is 12.5. The fourth-order valence-corrected chi connectivity index (χ4v) is 8.49. The van der Waals surface area contributed by atoms with Gasteiger partial charge in [-0.3, -0.25) is 4.79 Å². The molecule has 0 heterocycles. The number of halogens is 1. The Kier molecular flexibility index (Phi) is 9.29. The van der Waals surface area contributed by atoms with Crippen LogP contribution in [0.5, 0.6) is 0 Å². The quantitative estimate of drug-likeness (QED) is 0.389. The number of hydrogen-bond acceptors (Lipinski definition) is 2. The lowest BCUT2D eigenvalue weighted by molar-refractivity contribution is -0.134. The monoisotopic (exact) mass is 470 g/mol. The summed E-state index contributed by atoms with van der Waals surface area (Å²) in [7, 11) is 3.25. The fourth-order valence-electron chi connectivity index (χ4n) is 8.09. The number of carbonyl (C=O) groups is 1. The maximum atomic E-state index is 12.5. The minimum atomic E-state index is 0.303. The van der Waals surface area contributed by atoms with Crippen molar-refractivity contribution in [2.75, 3.05) is 19.5 Å². The summed E-state index contributed by atoms with van der Waals surface area (Å²) in [5, 5.41) is 0.561. The number of hydrogen-bond donors (Lipinski definition) is 0. The van der Waals surface area contributed by atoms with E-state index in [9.17, 15) is 4.79 Å². The second-order valence-corrected chi connectivity index (χ2v) is 11.3. The molecule has 0 saturated heterocycles. The zero-order valence-corrected chi connectivity index (χ0v) is 21.8. The molecular formula is C26H47BrO2.